The fourth-order valence-electron chi connectivity index (χ4n) is 8.76. The number of nitrogens with zero attached hydrogens (tertiary/aromatic N) is 2. The van der Waals surface area contributed by atoms with Crippen molar-refractivity contribution >= 4 is 17.4 Å². The van der Waals surface area contributed by atoms with Crippen molar-refractivity contribution in [2.24, 2.45) is 51.4 Å². The molecule has 0 unspecified atom stereocenters. The van der Waals surface area contributed by atoms with E-state index < -0.39 is 5.91 Å². The molecule has 7 atom stereocenters. The zero-order valence-electron chi connectivity index (χ0n) is 22.5. The van der Waals surface area contributed by atoms with E-state index in [9.17, 15) is 9.59 Å². The lowest BCUT2D eigenvalue weighted by atomic mass is 9.46. The average Bonchev–Trinajstić information content (AvgIpc) is 3.15. The van der Waals surface area contributed by atoms with Crippen LogP contribution in [0, 0.1) is 57.7 Å². The number of hydrogen-bond acceptors (Lipinski definition) is 4. The van der Waals surface area contributed by atoms with Crippen LogP contribution in [0.2, 0.25) is 0 Å². The number of carbonyl (C=O) groups is 2. The summed E-state index contributed by atoms with van der Waals surface area (Å²) in [5.74, 6) is 3.99. The Morgan fingerprint density at radius 1 is 1.17 bits per heavy atom. The van der Waals surface area contributed by atoms with Gasteiger partial charge in [-0.15, -0.1) is 0 Å². The van der Waals surface area contributed by atoms with Gasteiger partial charge >= 0.3 is 0 Å². The predicted octanol–water partition coefficient (Wildman–Crippen LogP) is 6.59. The van der Waals surface area contributed by atoms with Crippen LogP contribution >= 0.6 is 0 Å². The molecule has 1 N–H and O–H groups in total. The van der Waals surface area contributed by atoms with Gasteiger partial charge in [0.15, 0.2) is 5.78 Å². The molecule has 35 heavy (non-hydrogen) atoms. The first-order chi connectivity index (χ1) is 16.6. The van der Waals surface area contributed by atoms with Gasteiger partial charge in [0.05, 0.1) is 11.8 Å². The third-order valence-corrected chi connectivity index (χ3v) is 10.6. The van der Waals surface area contributed by atoms with Gasteiger partial charge < -0.3 is 0 Å². The van der Waals surface area contributed by atoms with E-state index in [1.165, 1.54) is 44.9 Å². The van der Waals surface area contributed by atoms with Crippen LogP contribution in [0.15, 0.2) is 16.8 Å². The predicted molar refractivity (Wildman–Crippen MR) is 139 cm³/mol. The smallest absolute Gasteiger partial charge is 0.254 e. The largest absolute Gasteiger partial charge is 0.295 e. The second kappa shape index (κ2) is 10.2. The summed E-state index contributed by atoms with van der Waals surface area (Å²) in [6, 6.07) is 1.84. The molecule has 5 nitrogen and oxygen atoms in total. The van der Waals surface area contributed by atoms with Gasteiger partial charge in [0.1, 0.15) is 6.42 Å². The number of amides is 1. The van der Waals surface area contributed by atoms with E-state index in [0.717, 1.165) is 41.9 Å². The maximum atomic E-state index is 13.5. The Kier molecular flexibility index (Phi) is 7.60. The number of Topliss-reactive ketones (excluding diaryl/α,β-unsaturated/α-hetero) is 1. The van der Waals surface area contributed by atoms with Crippen LogP contribution in [0.25, 0.3) is 0 Å². The van der Waals surface area contributed by atoms with Crippen LogP contribution in [0.1, 0.15) is 105 Å². The molecule has 0 spiro atoms. The van der Waals surface area contributed by atoms with Crippen LogP contribution in [0.5, 0.6) is 0 Å². The summed E-state index contributed by atoms with van der Waals surface area (Å²) in [4.78, 5) is 25.2. The minimum Gasteiger partial charge on any atom is -0.295 e. The zero-order chi connectivity index (χ0) is 25.4. The van der Waals surface area contributed by atoms with Crippen molar-refractivity contribution in [1.82, 2.24) is 5.43 Å². The summed E-state index contributed by atoms with van der Waals surface area (Å²) < 4.78 is 0. The van der Waals surface area contributed by atoms with Crippen molar-refractivity contribution in [3.8, 4) is 6.07 Å². The Morgan fingerprint density at radius 2 is 1.94 bits per heavy atom. The molecule has 1 amide bonds. The SMILES string of the molecule is CC(C)CCC[C@@H](C)[C@H]1CC[C@H]2[C@@H]3CC(=O)C4=C/C(=N/NC(=O)CC#N)CC[C@]4(C)[C@H]3CC[C@]12C. The van der Waals surface area contributed by atoms with Gasteiger partial charge in [-0.2, -0.15) is 10.4 Å². The third kappa shape index (κ3) is 4.87. The Morgan fingerprint density at radius 3 is 2.66 bits per heavy atom. The summed E-state index contributed by atoms with van der Waals surface area (Å²) in [6.07, 6.45) is 13.3. The molecule has 4 aliphatic carbocycles. The van der Waals surface area contributed by atoms with Gasteiger partial charge in [0, 0.05) is 12.0 Å². The first kappa shape index (κ1) is 26.1. The molecule has 4 rings (SSSR count). The fraction of sp³-hybridized carbons (Fsp3) is 0.800. The summed E-state index contributed by atoms with van der Waals surface area (Å²) >= 11 is 0. The Hall–Kier alpha value is -1.96. The number of nitriles is 1. The van der Waals surface area contributed by atoms with E-state index in [1.54, 1.807) is 0 Å². The van der Waals surface area contributed by atoms with Gasteiger partial charge in [0.25, 0.3) is 5.91 Å². The second-order valence-electron chi connectivity index (χ2n) is 13.0. The van der Waals surface area contributed by atoms with E-state index in [0.29, 0.717) is 35.4 Å². The summed E-state index contributed by atoms with van der Waals surface area (Å²) in [5.41, 5.74) is 4.45. The third-order valence-electron chi connectivity index (χ3n) is 10.6. The Labute approximate surface area is 212 Å². The van der Waals surface area contributed by atoms with Gasteiger partial charge in [0.2, 0.25) is 0 Å². The molecule has 0 aromatic heterocycles. The standard InChI is InChI=1S/C30H45N3O2/c1-19(2)7-6-8-20(3)23-9-10-24-22-18-27(34)26-17-21(32-33-28(35)13-16-31)11-14-30(26,5)25(22)12-15-29(23,24)4/h17,19-20,22-25H,6-15,18H2,1-5H3,(H,33,35)/b32-21+/t20-,22+,23-,24+,25+,29-,30-/m1/s1. The van der Waals surface area contributed by atoms with Crippen molar-refractivity contribution < 1.29 is 9.59 Å². The molecule has 4 aliphatic rings. The maximum absolute atomic E-state index is 13.5. The molecule has 3 fully saturated rings. The van der Waals surface area contributed by atoms with E-state index in [2.05, 4.69) is 45.1 Å². The van der Waals surface area contributed by atoms with Gasteiger partial charge in [-0.25, -0.2) is 5.43 Å². The Balaban J connectivity index is 1.50. The van der Waals surface area contributed by atoms with Crippen LogP contribution in [0.3, 0.4) is 0 Å². The molecule has 0 bridgehead atoms. The van der Waals surface area contributed by atoms with Crippen LogP contribution in [-0.2, 0) is 9.59 Å². The maximum Gasteiger partial charge on any atom is 0.254 e. The number of carbonyl (C=O) groups excluding carboxylic acids is 2. The number of fused-ring (bicyclic) bond motifs is 5. The van der Waals surface area contributed by atoms with E-state index in [4.69, 9.17) is 5.26 Å². The highest BCUT2D eigenvalue weighted by Gasteiger charge is 2.60. The Bertz CT molecular complexity index is 944. The van der Waals surface area contributed by atoms with Crippen molar-refractivity contribution in [3.63, 3.8) is 0 Å². The summed E-state index contributed by atoms with van der Waals surface area (Å²) in [7, 11) is 0. The molecule has 5 heteroatoms. The first-order valence-corrected chi connectivity index (χ1v) is 14.1. The molecule has 0 heterocycles. The van der Waals surface area contributed by atoms with Crippen LogP contribution in [0.4, 0.5) is 0 Å². The normalized spacial score (nSPS) is 38.3. The van der Waals surface area contributed by atoms with Crippen molar-refractivity contribution in [1.29, 1.82) is 5.26 Å². The zero-order valence-corrected chi connectivity index (χ0v) is 22.5. The van der Waals surface area contributed by atoms with Crippen molar-refractivity contribution in [2.75, 3.05) is 0 Å². The highest BCUT2D eigenvalue weighted by Crippen LogP contribution is 2.67. The molecule has 192 valence electrons. The molecular formula is C30H45N3O2. The summed E-state index contributed by atoms with van der Waals surface area (Å²) in [6.45, 7) is 12.0. The number of allylic oxidation sites excluding steroid dienone is 2. The monoisotopic (exact) mass is 479 g/mol. The highest BCUT2D eigenvalue weighted by atomic mass is 16.2. The molecule has 0 saturated heterocycles. The minimum atomic E-state index is -0.400. The summed E-state index contributed by atoms with van der Waals surface area (Å²) in [5, 5.41) is 12.9. The van der Waals surface area contributed by atoms with Crippen LogP contribution < -0.4 is 5.43 Å². The van der Waals surface area contributed by atoms with Crippen molar-refractivity contribution in [3.05, 3.63) is 11.6 Å². The lowest BCUT2D eigenvalue weighted by Crippen LogP contribution is -2.53. The number of rotatable bonds is 7. The number of nitrogens with one attached hydrogen (secondary N) is 1. The first-order valence-electron chi connectivity index (χ1n) is 14.1. The van der Waals surface area contributed by atoms with Gasteiger partial charge in [-0.05, 0) is 90.9 Å². The van der Waals surface area contributed by atoms with Crippen molar-refractivity contribution in [2.45, 2.75) is 105 Å². The number of hydrazone groups is 1. The minimum absolute atomic E-state index is 0.0853. The van der Waals surface area contributed by atoms with Gasteiger partial charge in [-0.3, -0.25) is 9.59 Å². The average molecular weight is 480 g/mol. The second-order valence-corrected chi connectivity index (χ2v) is 13.0. The topological polar surface area (TPSA) is 82.3 Å². The highest BCUT2D eigenvalue weighted by molar-refractivity contribution is 6.08. The molecular weight excluding hydrogens is 434 g/mol. The number of ketones is 1. The molecule has 0 aromatic rings. The molecule has 0 aromatic carbocycles. The molecule has 0 aliphatic heterocycles. The van der Waals surface area contributed by atoms with E-state index in [1.807, 2.05) is 12.1 Å². The lowest BCUT2D eigenvalue weighted by molar-refractivity contribution is -0.128. The van der Waals surface area contributed by atoms with E-state index in [-0.39, 0.29) is 11.8 Å². The lowest BCUT2D eigenvalue weighted by Gasteiger charge is -2.58. The van der Waals surface area contributed by atoms with E-state index >= 15 is 0 Å². The number of hydrogen-bond donors (Lipinski definition) is 1. The van der Waals surface area contributed by atoms with Gasteiger partial charge in [-0.1, -0.05) is 53.9 Å². The quantitative estimate of drug-likeness (QED) is 0.418. The molecule has 0 radical (unpaired) electrons. The fourth-order valence-corrected chi connectivity index (χ4v) is 8.76. The van der Waals surface area contributed by atoms with Crippen LogP contribution in [-0.4, -0.2) is 17.4 Å². The molecule has 3 saturated carbocycles.